The smallest absolute Gasteiger partial charge is 0.315 e. The third-order valence-electron chi connectivity index (χ3n) is 5.29. The summed E-state index contributed by atoms with van der Waals surface area (Å²) in [6.45, 7) is 1.70. The maximum absolute atomic E-state index is 12.2. The molecule has 146 valence electrons. The molecule has 0 aliphatic carbocycles. The Labute approximate surface area is 165 Å². The highest BCUT2D eigenvalue weighted by molar-refractivity contribution is 5.74. The van der Waals surface area contributed by atoms with E-state index >= 15 is 0 Å². The molecule has 0 unspecified atom stereocenters. The molecule has 0 radical (unpaired) electrons. The molecule has 2 heterocycles. The molecular weight excluding hydrogens is 352 g/mol. The van der Waals surface area contributed by atoms with Crippen molar-refractivity contribution in [1.29, 1.82) is 0 Å². The Hall–Kier alpha value is -2.63. The average Bonchev–Trinajstić information content (AvgIpc) is 3.31. The first-order valence-electron chi connectivity index (χ1n) is 9.84. The van der Waals surface area contributed by atoms with Crippen LogP contribution in [0.5, 0.6) is 0 Å². The van der Waals surface area contributed by atoms with Crippen molar-refractivity contribution in [2.24, 2.45) is 5.92 Å². The Balaban J connectivity index is 1.24. The zero-order chi connectivity index (χ0) is 19.2. The second kappa shape index (κ2) is 9.04. The molecule has 4 rings (SSSR count). The highest BCUT2D eigenvalue weighted by Crippen LogP contribution is 2.32. The molecule has 2 aliphatic rings. The molecule has 2 aromatic carbocycles. The quantitative estimate of drug-likeness (QED) is 0.812. The summed E-state index contributed by atoms with van der Waals surface area (Å²) in [6.07, 6.45) is 4.98. The van der Waals surface area contributed by atoms with Crippen molar-refractivity contribution < 1.29 is 14.3 Å². The first-order valence-corrected chi connectivity index (χ1v) is 9.84. The molecule has 2 amide bonds. The number of carbonyl (C=O) groups excluding carboxylic acids is 1. The van der Waals surface area contributed by atoms with E-state index in [0.29, 0.717) is 19.8 Å². The van der Waals surface area contributed by atoms with Gasteiger partial charge in [0.15, 0.2) is 0 Å². The fraction of sp³-hybridized carbons (Fsp3) is 0.348. The predicted octanol–water partition coefficient (Wildman–Crippen LogP) is 3.02. The molecule has 5 nitrogen and oxygen atoms in total. The van der Waals surface area contributed by atoms with Crippen LogP contribution < -0.4 is 10.6 Å². The third-order valence-corrected chi connectivity index (χ3v) is 5.29. The molecular formula is C23H26N2O3. The van der Waals surface area contributed by atoms with Crippen molar-refractivity contribution >= 4 is 12.1 Å². The summed E-state index contributed by atoms with van der Waals surface area (Å²) in [6, 6.07) is 20.0. The summed E-state index contributed by atoms with van der Waals surface area (Å²) >= 11 is 0. The number of rotatable bonds is 6. The zero-order valence-corrected chi connectivity index (χ0v) is 15.8. The standard InChI is InChI=1S/C23H26N2O3/c26-23(24-14-13-18-9-5-2-6-10-18)25-20-16-28-21-19(15-27-22(20)21)12-11-17-7-3-1-4-8-17/h1-12,19-22H,13-16H2,(H2,24,25,26)/b12-11-/t19-,20-,21+,22+/m0/s1. The second-order valence-corrected chi connectivity index (χ2v) is 7.27. The van der Waals surface area contributed by atoms with E-state index in [1.807, 2.05) is 36.4 Å². The molecule has 2 saturated heterocycles. The first kappa shape index (κ1) is 18.7. The summed E-state index contributed by atoms with van der Waals surface area (Å²) < 4.78 is 11.9. The fourth-order valence-electron chi connectivity index (χ4n) is 3.80. The van der Waals surface area contributed by atoms with Crippen molar-refractivity contribution in [2.75, 3.05) is 19.8 Å². The molecule has 0 bridgehead atoms. The number of amides is 2. The summed E-state index contributed by atoms with van der Waals surface area (Å²) in [4.78, 5) is 12.2. The molecule has 5 heteroatoms. The van der Waals surface area contributed by atoms with Crippen LogP contribution in [-0.4, -0.2) is 44.0 Å². The number of ether oxygens (including phenoxy) is 2. The fourth-order valence-corrected chi connectivity index (χ4v) is 3.80. The van der Waals surface area contributed by atoms with E-state index in [1.54, 1.807) is 0 Å². The lowest BCUT2D eigenvalue weighted by atomic mass is 9.99. The van der Waals surface area contributed by atoms with E-state index in [4.69, 9.17) is 9.47 Å². The van der Waals surface area contributed by atoms with Gasteiger partial charge in [-0.25, -0.2) is 4.79 Å². The van der Waals surface area contributed by atoms with Crippen molar-refractivity contribution in [1.82, 2.24) is 10.6 Å². The lowest BCUT2D eigenvalue weighted by Gasteiger charge is -2.18. The van der Waals surface area contributed by atoms with E-state index in [1.165, 1.54) is 5.56 Å². The van der Waals surface area contributed by atoms with Gasteiger partial charge in [-0.05, 0) is 17.5 Å². The Kier molecular flexibility index (Phi) is 6.04. The minimum atomic E-state index is -0.169. The van der Waals surface area contributed by atoms with Gasteiger partial charge < -0.3 is 20.1 Å². The maximum Gasteiger partial charge on any atom is 0.315 e. The van der Waals surface area contributed by atoms with Crippen LogP contribution in [0.3, 0.4) is 0 Å². The van der Waals surface area contributed by atoms with Gasteiger partial charge in [0, 0.05) is 12.5 Å². The molecule has 2 N–H and O–H groups in total. The lowest BCUT2D eigenvalue weighted by molar-refractivity contribution is 0.0661. The van der Waals surface area contributed by atoms with Crippen LogP contribution in [0.1, 0.15) is 11.1 Å². The topological polar surface area (TPSA) is 59.6 Å². The van der Waals surface area contributed by atoms with Gasteiger partial charge in [-0.2, -0.15) is 0 Å². The van der Waals surface area contributed by atoms with Gasteiger partial charge in [-0.3, -0.25) is 0 Å². The highest BCUT2D eigenvalue weighted by Gasteiger charge is 2.47. The summed E-state index contributed by atoms with van der Waals surface area (Å²) in [5.41, 5.74) is 2.37. The van der Waals surface area contributed by atoms with Gasteiger partial charge in [-0.1, -0.05) is 72.8 Å². The number of benzene rings is 2. The van der Waals surface area contributed by atoms with Crippen LogP contribution in [0.15, 0.2) is 66.7 Å². The van der Waals surface area contributed by atoms with Crippen LogP contribution >= 0.6 is 0 Å². The van der Waals surface area contributed by atoms with Gasteiger partial charge in [0.05, 0.1) is 25.4 Å². The normalized spacial score (nSPS) is 26.3. The van der Waals surface area contributed by atoms with Gasteiger partial charge in [0.25, 0.3) is 0 Å². The minimum absolute atomic E-state index is 0.00502. The number of hydrogen-bond donors (Lipinski definition) is 2. The number of urea groups is 1. The third kappa shape index (κ3) is 4.61. The van der Waals surface area contributed by atoms with Gasteiger partial charge in [0.2, 0.25) is 0 Å². The molecule has 4 atom stereocenters. The van der Waals surface area contributed by atoms with Crippen LogP contribution in [0.4, 0.5) is 4.79 Å². The predicted molar refractivity (Wildman–Crippen MR) is 109 cm³/mol. The van der Waals surface area contributed by atoms with E-state index in [9.17, 15) is 4.79 Å². The molecule has 0 spiro atoms. The molecule has 0 aromatic heterocycles. The Morgan fingerprint density at radius 1 is 0.964 bits per heavy atom. The molecule has 2 aromatic rings. The Bertz CT molecular complexity index is 794. The van der Waals surface area contributed by atoms with Gasteiger partial charge >= 0.3 is 6.03 Å². The number of nitrogens with one attached hydrogen (secondary N) is 2. The Morgan fingerprint density at radius 2 is 1.68 bits per heavy atom. The maximum atomic E-state index is 12.2. The van der Waals surface area contributed by atoms with Crippen LogP contribution in [-0.2, 0) is 15.9 Å². The second-order valence-electron chi connectivity index (χ2n) is 7.27. The van der Waals surface area contributed by atoms with Crippen molar-refractivity contribution in [3.8, 4) is 0 Å². The van der Waals surface area contributed by atoms with E-state index in [-0.39, 0.29) is 30.2 Å². The summed E-state index contributed by atoms with van der Waals surface area (Å²) in [5, 5.41) is 5.93. The number of carbonyl (C=O) groups is 1. The monoisotopic (exact) mass is 378 g/mol. The largest absolute Gasteiger partial charge is 0.373 e. The van der Waals surface area contributed by atoms with E-state index < -0.39 is 0 Å². The lowest BCUT2D eigenvalue weighted by Crippen LogP contribution is -2.48. The zero-order valence-electron chi connectivity index (χ0n) is 15.8. The van der Waals surface area contributed by atoms with Crippen molar-refractivity contribution in [3.05, 3.63) is 77.9 Å². The molecule has 2 fully saturated rings. The summed E-state index contributed by atoms with van der Waals surface area (Å²) in [5.74, 6) is 0.207. The Morgan fingerprint density at radius 3 is 2.46 bits per heavy atom. The SMILES string of the molecule is O=C(NCCc1ccccc1)N[C@H]1CO[C@H]2[C@@H]1OC[C@@H]2/C=C\c1ccccc1. The van der Waals surface area contributed by atoms with Crippen LogP contribution in [0.2, 0.25) is 0 Å². The van der Waals surface area contributed by atoms with Crippen LogP contribution in [0, 0.1) is 5.92 Å². The first-order chi connectivity index (χ1) is 13.8. The van der Waals surface area contributed by atoms with E-state index in [0.717, 1.165) is 12.0 Å². The van der Waals surface area contributed by atoms with E-state index in [2.05, 4.69) is 47.1 Å². The van der Waals surface area contributed by atoms with Crippen molar-refractivity contribution in [3.63, 3.8) is 0 Å². The number of hydrogen-bond acceptors (Lipinski definition) is 3. The highest BCUT2D eigenvalue weighted by atomic mass is 16.6. The average molecular weight is 378 g/mol. The molecule has 28 heavy (non-hydrogen) atoms. The minimum Gasteiger partial charge on any atom is -0.373 e. The van der Waals surface area contributed by atoms with Gasteiger partial charge in [0.1, 0.15) is 6.10 Å². The van der Waals surface area contributed by atoms with Crippen LogP contribution in [0.25, 0.3) is 6.08 Å². The number of fused-ring (bicyclic) bond motifs is 1. The van der Waals surface area contributed by atoms with Gasteiger partial charge in [-0.15, -0.1) is 0 Å². The van der Waals surface area contributed by atoms with Crippen molar-refractivity contribution in [2.45, 2.75) is 24.7 Å². The summed E-state index contributed by atoms with van der Waals surface area (Å²) in [7, 11) is 0. The molecule has 0 saturated carbocycles. The molecule has 2 aliphatic heterocycles.